The second kappa shape index (κ2) is 10.6. The van der Waals surface area contributed by atoms with Crippen molar-refractivity contribution in [2.24, 2.45) is 0 Å². The van der Waals surface area contributed by atoms with E-state index in [0.29, 0.717) is 40.5 Å². The van der Waals surface area contributed by atoms with Gasteiger partial charge in [0.15, 0.2) is 17.4 Å². The molecule has 0 spiro atoms. The molecule has 2 heterocycles. The van der Waals surface area contributed by atoms with E-state index in [9.17, 15) is 23.5 Å². The quantitative estimate of drug-likeness (QED) is 0.260. The van der Waals surface area contributed by atoms with Crippen LogP contribution in [0.5, 0.6) is 17.2 Å². The lowest BCUT2D eigenvalue weighted by atomic mass is 9.93. The molecule has 4 aromatic rings. The molecule has 0 radical (unpaired) electrons. The average Bonchev–Trinajstić information content (AvgIpc) is 2.91. The molecule has 0 saturated heterocycles. The predicted molar refractivity (Wildman–Crippen MR) is 136 cm³/mol. The van der Waals surface area contributed by atoms with Crippen LogP contribution in [0.3, 0.4) is 0 Å². The number of pyridine rings is 1. The maximum Gasteiger partial charge on any atom is 0.311 e. The van der Waals surface area contributed by atoms with Crippen molar-refractivity contribution in [3.8, 4) is 28.5 Å². The molecule has 38 heavy (non-hydrogen) atoms. The summed E-state index contributed by atoms with van der Waals surface area (Å²) in [5.41, 5.74) is 1.57. The topological polar surface area (TPSA) is 85.7 Å². The number of aliphatic carboxylic acids is 1. The molecule has 0 saturated carbocycles. The first-order chi connectivity index (χ1) is 18.3. The van der Waals surface area contributed by atoms with Crippen LogP contribution in [0.25, 0.3) is 11.3 Å². The number of fused-ring (bicyclic) bond motifs is 1. The zero-order valence-corrected chi connectivity index (χ0v) is 20.5. The van der Waals surface area contributed by atoms with Gasteiger partial charge in [-0.25, -0.2) is 8.78 Å². The van der Waals surface area contributed by atoms with Gasteiger partial charge in [0.1, 0.15) is 17.2 Å². The van der Waals surface area contributed by atoms with Crippen molar-refractivity contribution in [1.29, 1.82) is 0 Å². The fourth-order valence-corrected chi connectivity index (χ4v) is 4.47. The van der Waals surface area contributed by atoms with E-state index >= 15 is 0 Å². The first kappa shape index (κ1) is 25.4. The molecule has 1 N–H and O–H groups in total. The van der Waals surface area contributed by atoms with E-state index in [2.05, 4.69) is 4.98 Å². The Morgan fingerprint density at radius 1 is 1.05 bits per heavy atom. The van der Waals surface area contributed by atoms with Gasteiger partial charge in [-0.3, -0.25) is 14.6 Å². The number of benzene rings is 3. The van der Waals surface area contributed by atoms with Gasteiger partial charge in [0.25, 0.3) is 0 Å². The van der Waals surface area contributed by atoms with Gasteiger partial charge in [-0.1, -0.05) is 23.7 Å². The monoisotopic (exact) mass is 535 g/mol. The highest BCUT2D eigenvalue weighted by Gasteiger charge is 2.29. The van der Waals surface area contributed by atoms with Crippen molar-refractivity contribution in [3.63, 3.8) is 0 Å². The van der Waals surface area contributed by atoms with Crippen molar-refractivity contribution in [1.82, 2.24) is 4.98 Å². The second-order valence-corrected chi connectivity index (χ2v) is 9.10. The maximum atomic E-state index is 14.2. The largest absolute Gasteiger partial charge is 0.493 e. The molecule has 6 nitrogen and oxygen atoms in total. The van der Waals surface area contributed by atoms with Crippen LogP contribution in [-0.2, 0) is 11.2 Å². The summed E-state index contributed by atoms with van der Waals surface area (Å²) in [6, 6.07) is 18.2. The SMILES string of the molecule is O=C(Cc1cccc(-c2cccc(F)c2F)n1)c1ccc(Oc2cc3c(cc2Cl)C(C(=O)O)CCO3)cc1. The van der Waals surface area contributed by atoms with Gasteiger partial charge in [-0.15, -0.1) is 0 Å². The number of rotatable bonds is 7. The molecule has 9 heteroatoms. The summed E-state index contributed by atoms with van der Waals surface area (Å²) < 4.78 is 39.2. The van der Waals surface area contributed by atoms with Crippen molar-refractivity contribution < 1.29 is 33.0 Å². The Morgan fingerprint density at radius 2 is 1.82 bits per heavy atom. The summed E-state index contributed by atoms with van der Waals surface area (Å²) in [5, 5.41) is 9.68. The number of ether oxygens (including phenoxy) is 2. The lowest BCUT2D eigenvalue weighted by molar-refractivity contribution is -0.139. The highest BCUT2D eigenvalue weighted by molar-refractivity contribution is 6.32. The zero-order chi connectivity index (χ0) is 26.8. The summed E-state index contributed by atoms with van der Waals surface area (Å²) in [7, 11) is 0. The molecule has 192 valence electrons. The van der Waals surface area contributed by atoms with E-state index in [0.717, 1.165) is 6.07 Å². The fraction of sp³-hybridized carbons (Fsp3) is 0.138. The molecule has 1 aliphatic rings. The van der Waals surface area contributed by atoms with Crippen molar-refractivity contribution in [2.45, 2.75) is 18.8 Å². The number of carboxylic acids is 1. The van der Waals surface area contributed by atoms with E-state index in [1.807, 2.05) is 0 Å². The Labute approximate surface area is 221 Å². The van der Waals surface area contributed by atoms with E-state index in [1.54, 1.807) is 54.6 Å². The van der Waals surface area contributed by atoms with Crippen LogP contribution in [0.15, 0.2) is 72.8 Å². The minimum Gasteiger partial charge on any atom is -0.493 e. The Hall–Kier alpha value is -4.30. The molecule has 1 aromatic heterocycles. The number of hydrogen-bond donors (Lipinski definition) is 1. The highest BCUT2D eigenvalue weighted by Crippen LogP contribution is 2.41. The number of nitrogens with zero attached hydrogens (tertiary/aromatic N) is 1. The molecule has 5 rings (SSSR count). The molecule has 3 aromatic carbocycles. The summed E-state index contributed by atoms with van der Waals surface area (Å²) in [6.45, 7) is 0.275. The minimum absolute atomic E-state index is 0.0190. The number of aromatic nitrogens is 1. The Kier molecular flexibility index (Phi) is 7.07. The van der Waals surface area contributed by atoms with Gasteiger partial charge in [-0.2, -0.15) is 0 Å². The first-order valence-corrected chi connectivity index (χ1v) is 12.1. The van der Waals surface area contributed by atoms with Gasteiger partial charge >= 0.3 is 5.97 Å². The number of carbonyl (C=O) groups is 2. The molecule has 0 amide bonds. The number of carbonyl (C=O) groups excluding carboxylic acids is 1. The summed E-state index contributed by atoms with van der Waals surface area (Å²) in [4.78, 5) is 28.7. The smallest absolute Gasteiger partial charge is 0.311 e. The Bertz CT molecular complexity index is 1540. The lowest BCUT2D eigenvalue weighted by Gasteiger charge is -2.24. The number of halogens is 3. The van der Waals surface area contributed by atoms with Crippen molar-refractivity contribution in [3.05, 3.63) is 106 Å². The van der Waals surface area contributed by atoms with Gasteiger partial charge in [0, 0.05) is 28.5 Å². The number of carboxylic acid groups (broad SMARTS) is 1. The van der Waals surface area contributed by atoms with Crippen molar-refractivity contribution >= 4 is 23.4 Å². The molecule has 0 fully saturated rings. The molecule has 0 bridgehead atoms. The molecule has 1 atom stereocenters. The zero-order valence-electron chi connectivity index (χ0n) is 19.8. The summed E-state index contributed by atoms with van der Waals surface area (Å²) in [6.07, 6.45) is 0.319. The molecule has 1 unspecified atom stereocenters. The van der Waals surface area contributed by atoms with Crippen LogP contribution in [0.1, 0.15) is 34.0 Å². The predicted octanol–water partition coefficient (Wildman–Crippen LogP) is 6.85. The normalized spacial score (nSPS) is 14.3. The van der Waals surface area contributed by atoms with Crippen LogP contribution in [-0.4, -0.2) is 28.4 Å². The second-order valence-electron chi connectivity index (χ2n) is 8.69. The third-order valence-corrected chi connectivity index (χ3v) is 6.48. The third kappa shape index (κ3) is 5.21. The fourth-order valence-electron chi connectivity index (χ4n) is 4.26. The number of Topliss-reactive ketones (excluding diaryl/α,β-unsaturated/α-hetero) is 1. The van der Waals surface area contributed by atoms with Crippen LogP contribution in [0.4, 0.5) is 8.78 Å². The third-order valence-electron chi connectivity index (χ3n) is 6.18. The van der Waals surface area contributed by atoms with Gasteiger partial charge in [0.05, 0.1) is 29.7 Å². The van der Waals surface area contributed by atoms with E-state index < -0.39 is 23.5 Å². The molecule has 0 aliphatic carbocycles. The lowest BCUT2D eigenvalue weighted by Crippen LogP contribution is -2.20. The number of ketones is 1. The highest BCUT2D eigenvalue weighted by atomic mass is 35.5. The van der Waals surface area contributed by atoms with Crippen LogP contribution >= 0.6 is 11.6 Å². The van der Waals surface area contributed by atoms with Gasteiger partial charge in [-0.05, 0) is 61.0 Å². The molecule has 1 aliphatic heterocycles. The van der Waals surface area contributed by atoms with Crippen molar-refractivity contribution in [2.75, 3.05) is 6.61 Å². The van der Waals surface area contributed by atoms with Gasteiger partial charge in [0.2, 0.25) is 0 Å². The van der Waals surface area contributed by atoms with Crippen LogP contribution in [0, 0.1) is 11.6 Å². The van der Waals surface area contributed by atoms with Crippen LogP contribution < -0.4 is 9.47 Å². The first-order valence-electron chi connectivity index (χ1n) is 11.7. The molecular formula is C29H20ClF2NO5. The van der Waals surface area contributed by atoms with E-state index in [-0.39, 0.29) is 35.1 Å². The summed E-state index contributed by atoms with van der Waals surface area (Å²) >= 11 is 6.35. The Morgan fingerprint density at radius 3 is 2.58 bits per heavy atom. The summed E-state index contributed by atoms with van der Waals surface area (Å²) in [5.74, 6) is -2.71. The Balaban J connectivity index is 1.29. The molecular weight excluding hydrogens is 516 g/mol. The van der Waals surface area contributed by atoms with E-state index in [1.165, 1.54) is 12.1 Å². The van der Waals surface area contributed by atoms with E-state index in [4.69, 9.17) is 21.1 Å². The van der Waals surface area contributed by atoms with Crippen LogP contribution in [0.2, 0.25) is 5.02 Å². The average molecular weight is 536 g/mol. The standard InChI is InChI=1S/C29H20ClF2NO5/c30-22-14-21-19(29(35)36)11-12-37-26(21)15-27(22)38-18-9-7-16(8-10-18)25(34)13-17-3-1-6-24(33-17)20-4-2-5-23(31)28(20)32/h1-10,14-15,19H,11-13H2,(H,35,36). The number of hydrogen-bond acceptors (Lipinski definition) is 5. The minimum atomic E-state index is -0.994. The maximum absolute atomic E-state index is 14.2. The van der Waals surface area contributed by atoms with Gasteiger partial charge < -0.3 is 14.6 Å².